The standard InChI is InChI=1S/C16H13Cl2NO5S/c1-23-15(20)12-11-6-25(22)7-19(11)14(13(12)16(21)24-2)8-3-4-9(17)10(18)5-8/h3-5H,6-7H2,1-2H3/t25-/m1/s1. The van der Waals surface area contributed by atoms with Gasteiger partial charge in [-0.1, -0.05) is 29.3 Å². The first-order chi connectivity index (χ1) is 11.9. The molecule has 0 saturated carbocycles. The Bertz CT molecular complexity index is 922. The van der Waals surface area contributed by atoms with Gasteiger partial charge >= 0.3 is 11.9 Å². The number of rotatable bonds is 3. The molecule has 0 amide bonds. The first-order valence-electron chi connectivity index (χ1n) is 7.11. The van der Waals surface area contributed by atoms with Crippen LogP contribution >= 0.6 is 23.2 Å². The molecule has 0 unspecified atom stereocenters. The molecule has 1 atom stereocenters. The summed E-state index contributed by atoms with van der Waals surface area (Å²) < 4.78 is 23.4. The summed E-state index contributed by atoms with van der Waals surface area (Å²) in [5.74, 6) is -1.06. The van der Waals surface area contributed by atoms with Crippen molar-refractivity contribution in [2.75, 3.05) is 14.2 Å². The zero-order chi connectivity index (χ0) is 18.3. The summed E-state index contributed by atoms with van der Waals surface area (Å²) in [5.41, 5.74) is 1.59. The fourth-order valence-electron chi connectivity index (χ4n) is 2.87. The summed E-state index contributed by atoms with van der Waals surface area (Å²) in [6, 6.07) is 4.84. The second-order valence-electron chi connectivity index (χ2n) is 5.30. The van der Waals surface area contributed by atoms with E-state index in [1.165, 1.54) is 14.2 Å². The van der Waals surface area contributed by atoms with E-state index < -0.39 is 22.7 Å². The topological polar surface area (TPSA) is 74.6 Å². The lowest BCUT2D eigenvalue weighted by molar-refractivity contribution is 0.0556. The Hall–Kier alpha value is -1.83. The molecule has 6 nitrogen and oxygen atoms in total. The van der Waals surface area contributed by atoms with Crippen LogP contribution < -0.4 is 0 Å². The summed E-state index contributed by atoms with van der Waals surface area (Å²) in [5, 5.41) is 0.652. The normalized spacial score (nSPS) is 15.8. The molecule has 25 heavy (non-hydrogen) atoms. The molecule has 0 saturated heterocycles. The van der Waals surface area contributed by atoms with Crippen LogP contribution in [0, 0.1) is 0 Å². The minimum absolute atomic E-state index is 0.0689. The molecule has 3 rings (SSSR count). The molecular formula is C16H13Cl2NO5S. The molecule has 1 aliphatic rings. The molecule has 0 aliphatic carbocycles. The van der Waals surface area contributed by atoms with Crippen molar-refractivity contribution in [2.24, 2.45) is 0 Å². The van der Waals surface area contributed by atoms with Crippen molar-refractivity contribution in [3.05, 3.63) is 45.1 Å². The molecule has 1 aliphatic heterocycles. The number of ether oxygens (including phenoxy) is 2. The van der Waals surface area contributed by atoms with Crippen LogP contribution in [0.4, 0.5) is 0 Å². The van der Waals surface area contributed by atoms with Crippen LogP contribution in [0.3, 0.4) is 0 Å². The van der Waals surface area contributed by atoms with Crippen LogP contribution in [-0.2, 0) is 31.9 Å². The highest BCUT2D eigenvalue weighted by molar-refractivity contribution is 7.83. The van der Waals surface area contributed by atoms with Gasteiger partial charge in [0.25, 0.3) is 0 Å². The van der Waals surface area contributed by atoms with E-state index in [0.717, 1.165) is 0 Å². The predicted molar refractivity (Wildman–Crippen MR) is 94.4 cm³/mol. The highest BCUT2D eigenvalue weighted by Gasteiger charge is 2.36. The molecule has 1 aromatic heterocycles. The zero-order valence-electron chi connectivity index (χ0n) is 13.3. The lowest BCUT2D eigenvalue weighted by Crippen LogP contribution is -2.12. The average Bonchev–Trinajstić information content (AvgIpc) is 3.10. The Balaban J connectivity index is 2.37. The third-order valence-corrected chi connectivity index (χ3v) is 5.79. The molecule has 0 spiro atoms. The molecule has 2 aromatic rings. The number of hydrogen-bond donors (Lipinski definition) is 0. The number of aromatic nitrogens is 1. The van der Waals surface area contributed by atoms with Crippen molar-refractivity contribution in [2.45, 2.75) is 11.6 Å². The summed E-state index contributed by atoms with van der Waals surface area (Å²) in [4.78, 5) is 24.7. The summed E-state index contributed by atoms with van der Waals surface area (Å²) in [6.45, 7) is 0. The number of halogens is 2. The first-order valence-corrected chi connectivity index (χ1v) is 9.35. The molecule has 2 heterocycles. The monoisotopic (exact) mass is 401 g/mol. The minimum Gasteiger partial charge on any atom is -0.465 e. The molecule has 9 heteroatoms. The van der Waals surface area contributed by atoms with Gasteiger partial charge in [-0.05, 0) is 12.1 Å². The highest BCUT2D eigenvalue weighted by Crippen LogP contribution is 2.38. The lowest BCUT2D eigenvalue weighted by atomic mass is 10.0. The van der Waals surface area contributed by atoms with Crippen molar-refractivity contribution in [1.82, 2.24) is 4.57 Å². The van der Waals surface area contributed by atoms with Gasteiger partial charge in [-0.2, -0.15) is 0 Å². The number of benzene rings is 1. The number of esters is 2. The molecule has 0 radical (unpaired) electrons. The van der Waals surface area contributed by atoms with Crippen molar-refractivity contribution in [1.29, 1.82) is 0 Å². The van der Waals surface area contributed by atoms with Crippen LogP contribution in [0.15, 0.2) is 18.2 Å². The number of fused-ring (bicyclic) bond motifs is 1. The summed E-state index contributed by atoms with van der Waals surface area (Å²) in [7, 11) is 1.26. The fraction of sp³-hybridized carbons (Fsp3) is 0.250. The number of carbonyl (C=O) groups excluding carboxylic acids is 2. The maximum absolute atomic E-state index is 12.4. The average molecular weight is 402 g/mol. The Morgan fingerprint density at radius 3 is 2.32 bits per heavy atom. The Morgan fingerprint density at radius 2 is 1.72 bits per heavy atom. The first kappa shape index (κ1) is 18.0. The van der Waals surface area contributed by atoms with E-state index in [-0.39, 0.29) is 22.8 Å². The van der Waals surface area contributed by atoms with Gasteiger partial charge in [0.05, 0.1) is 47.2 Å². The Kier molecular flexibility index (Phi) is 4.90. The third kappa shape index (κ3) is 2.96. The minimum atomic E-state index is -1.19. The molecule has 0 N–H and O–H groups in total. The molecule has 0 bridgehead atoms. The van der Waals surface area contributed by atoms with E-state index in [4.69, 9.17) is 32.7 Å². The van der Waals surface area contributed by atoms with Gasteiger partial charge in [0.2, 0.25) is 0 Å². The highest BCUT2D eigenvalue weighted by atomic mass is 35.5. The number of hydrogen-bond acceptors (Lipinski definition) is 5. The second-order valence-corrected chi connectivity index (χ2v) is 7.54. The number of methoxy groups -OCH3 is 2. The van der Waals surface area contributed by atoms with Crippen molar-refractivity contribution < 1.29 is 23.3 Å². The van der Waals surface area contributed by atoms with Crippen molar-refractivity contribution >= 4 is 45.9 Å². The predicted octanol–water partition coefficient (Wildman–Crippen LogP) is 3.25. The van der Waals surface area contributed by atoms with E-state index >= 15 is 0 Å². The van der Waals surface area contributed by atoms with Gasteiger partial charge in [0.15, 0.2) is 0 Å². The Morgan fingerprint density at radius 1 is 1.08 bits per heavy atom. The van der Waals surface area contributed by atoms with Crippen LogP contribution in [0.5, 0.6) is 0 Å². The van der Waals surface area contributed by atoms with Gasteiger partial charge < -0.3 is 14.0 Å². The van der Waals surface area contributed by atoms with Crippen LogP contribution in [0.2, 0.25) is 10.0 Å². The second kappa shape index (κ2) is 6.82. The van der Waals surface area contributed by atoms with Crippen LogP contribution in [-0.4, -0.2) is 34.9 Å². The van der Waals surface area contributed by atoms with Gasteiger partial charge in [-0.25, -0.2) is 9.59 Å². The molecule has 1 aromatic carbocycles. The van der Waals surface area contributed by atoms with E-state index in [9.17, 15) is 13.8 Å². The maximum atomic E-state index is 12.4. The molecular weight excluding hydrogens is 389 g/mol. The SMILES string of the molecule is COC(=O)c1c(C(=O)OC)c(-c2ccc(Cl)c(Cl)c2)n2c1C[S@@](=O)C2. The largest absolute Gasteiger partial charge is 0.465 e. The molecule has 0 fully saturated rings. The van der Waals surface area contributed by atoms with E-state index in [0.29, 0.717) is 27.0 Å². The smallest absolute Gasteiger partial charge is 0.340 e. The number of carbonyl (C=O) groups is 2. The van der Waals surface area contributed by atoms with Crippen LogP contribution in [0.1, 0.15) is 26.4 Å². The molecule has 132 valence electrons. The quantitative estimate of drug-likeness (QED) is 0.737. The van der Waals surface area contributed by atoms with Crippen molar-refractivity contribution in [3.63, 3.8) is 0 Å². The van der Waals surface area contributed by atoms with E-state index in [1.54, 1.807) is 22.8 Å². The summed E-state index contributed by atoms with van der Waals surface area (Å²) >= 11 is 12.1. The fourth-order valence-corrected chi connectivity index (χ4v) is 4.44. The van der Waals surface area contributed by atoms with Gasteiger partial charge in [-0.3, -0.25) is 4.21 Å². The van der Waals surface area contributed by atoms with Crippen LogP contribution in [0.25, 0.3) is 11.3 Å². The van der Waals surface area contributed by atoms with Gasteiger partial charge in [0, 0.05) is 22.1 Å². The number of nitrogens with zero attached hydrogens (tertiary/aromatic N) is 1. The van der Waals surface area contributed by atoms with Gasteiger partial charge in [-0.15, -0.1) is 0 Å². The lowest BCUT2D eigenvalue weighted by Gasteiger charge is -2.10. The Labute approximate surface area is 156 Å². The van der Waals surface area contributed by atoms with Crippen molar-refractivity contribution in [3.8, 4) is 11.3 Å². The van der Waals surface area contributed by atoms with E-state index in [2.05, 4.69) is 0 Å². The van der Waals surface area contributed by atoms with Gasteiger partial charge in [0.1, 0.15) is 5.56 Å². The zero-order valence-corrected chi connectivity index (χ0v) is 15.6. The van der Waals surface area contributed by atoms with E-state index in [1.807, 2.05) is 0 Å². The summed E-state index contributed by atoms with van der Waals surface area (Å²) in [6.07, 6.45) is 0. The maximum Gasteiger partial charge on any atom is 0.340 e. The third-order valence-electron chi connectivity index (χ3n) is 3.91.